The summed E-state index contributed by atoms with van der Waals surface area (Å²) in [5.74, 6) is -0.0627. The molecule has 0 radical (unpaired) electrons. The molecular weight excluding hydrogens is 342 g/mol. The lowest BCUT2D eigenvalue weighted by molar-refractivity contribution is -0.139. The van der Waals surface area contributed by atoms with Gasteiger partial charge in [0.15, 0.2) is 6.61 Å². The number of amides is 1. The second kappa shape index (κ2) is 7.74. The summed E-state index contributed by atoms with van der Waals surface area (Å²) in [6.45, 7) is 1.14. The van der Waals surface area contributed by atoms with Crippen LogP contribution in [-0.2, 0) is 9.59 Å². The van der Waals surface area contributed by atoms with Crippen LogP contribution >= 0.6 is 11.6 Å². The van der Waals surface area contributed by atoms with Crippen molar-refractivity contribution >= 4 is 34.2 Å². The number of hydrogen-bond donors (Lipinski definition) is 1. The van der Waals surface area contributed by atoms with Crippen LogP contribution in [0.2, 0.25) is 5.02 Å². The summed E-state index contributed by atoms with van der Waals surface area (Å²) in [6.07, 6.45) is 1.62. The standard InChI is InChI=1S/C19H20ClNO4/c20-16-5-6-17(15-4-2-1-3-14(15)16)25-12-18(22)21-9-7-13(8-10-21)11-19(23)24/h1-6,13H,7-12H2,(H,23,24). The van der Waals surface area contributed by atoms with Crippen LogP contribution in [0.4, 0.5) is 0 Å². The Morgan fingerprint density at radius 2 is 1.80 bits per heavy atom. The van der Waals surface area contributed by atoms with Crippen molar-refractivity contribution in [2.45, 2.75) is 19.3 Å². The molecule has 2 aromatic rings. The third-order valence-electron chi connectivity index (χ3n) is 4.61. The van der Waals surface area contributed by atoms with Crippen LogP contribution in [0.1, 0.15) is 19.3 Å². The summed E-state index contributed by atoms with van der Waals surface area (Å²) in [6, 6.07) is 11.2. The van der Waals surface area contributed by atoms with Crippen molar-refractivity contribution in [3.63, 3.8) is 0 Å². The van der Waals surface area contributed by atoms with Crippen LogP contribution < -0.4 is 4.74 Å². The Labute approximate surface area is 151 Å². The predicted molar refractivity (Wildman–Crippen MR) is 96.0 cm³/mol. The Kier molecular flexibility index (Phi) is 5.43. The summed E-state index contributed by atoms with van der Waals surface area (Å²) >= 11 is 6.19. The van der Waals surface area contributed by atoms with E-state index in [1.54, 1.807) is 17.0 Å². The van der Waals surface area contributed by atoms with E-state index >= 15 is 0 Å². The number of carbonyl (C=O) groups is 2. The number of carboxylic acids is 1. The van der Waals surface area contributed by atoms with Crippen LogP contribution in [0.15, 0.2) is 36.4 Å². The van der Waals surface area contributed by atoms with Crippen molar-refractivity contribution in [1.82, 2.24) is 4.90 Å². The molecular formula is C19H20ClNO4. The van der Waals surface area contributed by atoms with Crippen molar-refractivity contribution < 1.29 is 19.4 Å². The van der Waals surface area contributed by atoms with Gasteiger partial charge < -0.3 is 14.7 Å². The molecule has 0 unspecified atom stereocenters. The van der Waals surface area contributed by atoms with Gasteiger partial charge in [-0.1, -0.05) is 35.9 Å². The first kappa shape index (κ1) is 17.5. The van der Waals surface area contributed by atoms with Gasteiger partial charge in [-0.25, -0.2) is 0 Å². The number of hydrogen-bond acceptors (Lipinski definition) is 3. The first-order chi connectivity index (χ1) is 12.0. The average molecular weight is 362 g/mol. The van der Waals surface area contributed by atoms with Gasteiger partial charge in [-0.15, -0.1) is 0 Å². The number of halogens is 1. The second-order valence-electron chi connectivity index (χ2n) is 6.30. The number of fused-ring (bicyclic) bond motifs is 1. The van der Waals surface area contributed by atoms with Crippen LogP contribution in [0.25, 0.3) is 10.8 Å². The lowest BCUT2D eigenvalue weighted by atomic mass is 9.94. The number of likely N-dealkylation sites (tertiary alicyclic amines) is 1. The van der Waals surface area contributed by atoms with Crippen LogP contribution in [0, 0.1) is 5.92 Å². The molecule has 3 rings (SSSR count). The largest absolute Gasteiger partial charge is 0.483 e. The molecule has 1 N–H and O–H groups in total. The maximum atomic E-state index is 12.4. The third kappa shape index (κ3) is 4.23. The normalized spacial score (nSPS) is 15.3. The predicted octanol–water partition coefficient (Wildman–Crippen LogP) is 3.59. The summed E-state index contributed by atoms with van der Waals surface area (Å²) in [5, 5.41) is 11.3. The molecule has 0 bridgehead atoms. The minimum Gasteiger partial charge on any atom is -0.483 e. The SMILES string of the molecule is O=C(O)CC1CCN(C(=O)COc2ccc(Cl)c3ccccc23)CC1. The van der Waals surface area contributed by atoms with Gasteiger partial charge >= 0.3 is 5.97 Å². The van der Waals surface area contributed by atoms with E-state index in [9.17, 15) is 9.59 Å². The maximum Gasteiger partial charge on any atom is 0.303 e. The van der Waals surface area contributed by atoms with Crippen LogP contribution in [0.5, 0.6) is 5.75 Å². The van der Waals surface area contributed by atoms with E-state index in [0.29, 0.717) is 23.9 Å². The minimum absolute atomic E-state index is 0.0325. The number of carbonyl (C=O) groups excluding carboxylic acids is 1. The van der Waals surface area contributed by atoms with E-state index in [1.165, 1.54) is 0 Å². The Hall–Kier alpha value is -2.27. The first-order valence-electron chi connectivity index (χ1n) is 8.34. The van der Waals surface area contributed by atoms with Crippen LogP contribution in [-0.4, -0.2) is 41.6 Å². The number of nitrogens with zero attached hydrogens (tertiary/aromatic N) is 1. The molecule has 132 valence electrons. The monoisotopic (exact) mass is 361 g/mol. The molecule has 0 aromatic heterocycles. The third-order valence-corrected chi connectivity index (χ3v) is 4.94. The second-order valence-corrected chi connectivity index (χ2v) is 6.71. The molecule has 0 atom stereocenters. The molecule has 6 heteroatoms. The molecule has 1 heterocycles. The summed E-state index contributed by atoms with van der Waals surface area (Å²) < 4.78 is 5.74. The van der Waals surface area contributed by atoms with Gasteiger partial charge in [-0.05, 0) is 30.9 Å². The summed E-state index contributed by atoms with van der Waals surface area (Å²) in [5.41, 5.74) is 0. The molecule has 1 aliphatic heterocycles. The van der Waals surface area contributed by atoms with E-state index in [4.69, 9.17) is 21.4 Å². The minimum atomic E-state index is -0.775. The molecule has 25 heavy (non-hydrogen) atoms. The van der Waals surface area contributed by atoms with Crippen LogP contribution in [0.3, 0.4) is 0 Å². The maximum absolute atomic E-state index is 12.4. The number of carboxylic acid groups (broad SMARTS) is 1. The molecule has 1 saturated heterocycles. The zero-order chi connectivity index (χ0) is 17.8. The van der Waals surface area contributed by atoms with Gasteiger partial charge in [-0.3, -0.25) is 9.59 Å². The molecule has 0 saturated carbocycles. The van der Waals surface area contributed by atoms with Crippen molar-refractivity contribution in [3.8, 4) is 5.75 Å². The number of benzene rings is 2. The highest BCUT2D eigenvalue weighted by Gasteiger charge is 2.24. The molecule has 1 aliphatic rings. The number of rotatable bonds is 5. The Bertz CT molecular complexity index is 784. The fraction of sp³-hybridized carbons (Fsp3) is 0.368. The van der Waals surface area contributed by atoms with Crippen molar-refractivity contribution in [1.29, 1.82) is 0 Å². The smallest absolute Gasteiger partial charge is 0.303 e. The first-order valence-corrected chi connectivity index (χ1v) is 8.72. The Morgan fingerprint density at radius 3 is 2.48 bits per heavy atom. The highest BCUT2D eigenvalue weighted by Crippen LogP contribution is 2.31. The van der Waals surface area contributed by atoms with Gasteiger partial charge in [0.2, 0.25) is 0 Å². The Morgan fingerprint density at radius 1 is 1.12 bits per heavy atom. The molecule has 5 nitrogen and oxygen atoms in total. The highest BCUT2D eigenvalue weighted by molar-refractivity contribution is 6.35. The Balaban J connectivity index is 1.59. The average Bonchev–Trinajstić information content (AvgIpc) is 2.61. The van der Waals surface area contributed by atoms with Gasteiger partial charge in [-0.2, -0.15) is 0 Å². The lowest BCUT2D eigenvalue weighted by Crippen LogP contribution is -2.41. The van der Waals surface area contributed by atoms with E-state index in [1.807, 2.05) is 24.3 Å². The molecule has 2 aromatic carbocycles. The molecule has 1 amide bonds. The summed E-state index contributed by atoms with van der Waals surface area (Å²) in [7, 11) is 0. The van der Waals surface area contributed by atoms with E-state index in [2.05, 4.69) is 0 Å². The van der Waals surface area contributed by atoms with Crippen molar-refractivity contribution in [2.75, 3.05) is 19.7 Å². The van der Waals surface area contributed by atoms with E-state index < -0.39 is 5.97 Å². The molecule has 1 fully saturated rings. The van der Waals surface area contributed by atoms with E-state index in [-0.39, 0.29) is 24.9 Å². The highest BCUT2D eigenvalue weighted by atomic mass is 35.5. The topological polar surface area (TPSA) is 66.8 Å². The number of piperidine rings is 1. The lowest BCUT2D eigenvalue weighted by Gasteiger charge is -2.31. The van der Waals surface area contributed by atoms with Gasteiger partial charge in [0.25, 0.3) is 5.91 Å². The summed E-state index contributed by atoms with van der Waals surface area (Å²) in [4.78, 5) is 24.9. The van der Waals surface area contributed by atoms with E-state index in [0.717, 1.165) is 23.6 Å². The van der Waals surface area contributed by atoms with Crippen molar-refractivity contribution in [3.05, 3.63) is 41.4 Å². The fourth-order valence-corrected chi connectivity index (χ4v) is 3.45. The fourth-order valence-electron chi connectivity index (χ4n) is 3.22. The number of ether oxygens (including phenoxy) is 1. The molecule has 0 spiro atoms. The zero-order valence-corrected chi connectivity index (χ0v) is 14.5. The van der Waals surface area contributed by atoms with Gasteiger partial charge in [0.1, 0.15) is 5.75 Å². The molecule has 0 aliphatic carbocycles. The van der Waals surface area contributed by atoms with Gasteiger partial charge in [0.05, 0.1) is 0 Å². The van der Waals surface area contributed by atoms with Crippen molar-refractivity contribution in [2.24, 2.45) is 5.92 Å². The zero-order valence-electron chi connectivity index (χ0n) is 13.8. The van der Waals surface area contributed by atoms with Gasteiger partial charge in [0, 0.05) is 35.3 Å². The number of aliphatic carboxylic acids is 1. The quantitative estimate of drug-likeness (QED) is 0.883.